The second-order valence-electron chi connectivity index (χ2n) is 4.06. The molecule has 112 valence electrons. The van der Waals surface area contributed by atoms with Crippen molar-refractivity contribution in [2.45, 2.75) is 17.7 Å². The summed E-state index contributed by atoms with van der Waals surface area (Å²) in [6.45, 7) is 1.69. The van der Waals surface area contributed by atoms with Crippen LogP contribution in [0.4, 0.5) is 0 Å². The highest BCUT2D eigenvalue weighted by Gasteiger charge is 2.18. The van der Waals surface area contributed by atoms with Crippen LogP contribution in [-0.2, 0) is 16.6 Å². The number of sulfonamides is 1. The van der Waals surface area contributed by atoms with Crippen molar-refractivity contribution in [1.82, 2.24) is 4.72 Å². The molecule has 0 aliphatic carbocycles. The van der Waals surface area contributed by atoms with Gasteiger partial charge < -0.3 is 5.11 Å². The van der Waals surface area contributed by atoms with Gasteiger partial charge in [0.1, 0.15) is 10.8 Å². The van der Waals surface area contributed by atoms with Gasteiger partial charge in [-0.25, -0.2) is 13.1 Å². The first-order valence-electron chi connectivity index (χ1n) is 5.85. The zero-order valence-corrected chi connectivity index (χ0v) is 14.2. The van der Waals surface area contributed by atoms with Crippen LogP contribution in [0.25, 0.3) is 0 Å². The predicted molar refractivity (Wildman–Crippen MR) is 86.4 cm³/mol. The van der Waals surface area contributed by atoms with Gasteiger partial charge in [-0.15, -0.1) is 22.7 Å². The van der Waals surface area contributed by atoms with Crippen LogP contribution in [0.5, 0.6) is 0 Å². The summed E-state index contributed by atoms with van der Waals surface area (Å²) in [5.41, 5.74) is 1.46. The maximum absolute atomic E-state index is 12.2. The third kappa shape index (κ3) is 4.07. The fraction of sp³-hybridized carbons (Fsp3) is 0.231. The monoisotopic (exact) mass is 361 g/mol. The van der Waals surface area contributed by atoms with Gasteiger partial charge >= 0.3 is 0 Å². The van der Waals surface area contributed by atoms with Crippen LogP contribution >= 0.6 is 34.3 Å². The summed E-state index contributed by atoms with van der Waals surface area (Å²) in [6.07, 6.45) is 0. The van der Waals surface area contributed by atoms with Crippen LogP contribution in [-0.4, -0.2) is 20.1 Å². The molecule has 0 fully saturated rings. The van der Waals surface area contributed by atoms with Crippen molar-refractivity contribution >= 4 is 44.3 Å². The quantitative estimate of drug-likeness (QED) is 0.822. The molecule has 0 atom stereocenters. The first-order chi connectivity index (χ1) is 9.94. The van der Waals surface area contributed by atoms with E-state index in [2.05, 4.69) is 16.6 Å². The fourth-order valence-corrected chi connectivity index (χ4v) is 5.13. The normalized spacial score (nSPS) is 11.2. The Morgan fingerprint density at radius 1 is 1.48 bits per heavy atom. The Morgan fingerprint density at radius 2 is 2.24 bits per heavy atom. The summed E-state index contributed by atoms with van der Waals surface area (Å²) in [6, 6.07) is 3.35. The van der Waals surface area contributed by atoms with E-state index in [0.29, 0.717) is 4.34 Å². The van der Waals surface area contributed by atoms with Crippen LogP contribution in [0.2, 0.25) is 4.34 Å². The van der Waals surface area contributed by atoms with Crippen molar-refractivity contribution in [3.05, 3.63) is 37.9 Å². The van der Waals surface area contributed by atoms with E-state index in [0.717, 1.165) is 27.3 Å². The van der Waals surface area contributed by atoms with Crippen molar-refractivity contribution in [3.63, 3.8) is 0 Å². The minimum Gasteiger partial charge on any atom is -0.384 e. The van der Waals surface area contributed by atoms with Crippen LogP contribution in [0.1, 0.15) is 16.0 Å². The largest absolute Gasteiger partial charge is 0.384 e. The van der Waals surface area contributed by atoms with Crippen LogP contribution in [0.15, 0.2) is 21.7 Å². The molecule has 2 N–H and O–H groups in total. The Kier molecular flexibility index (Phi) is 5.43. The summed E-state index contributed by atoms with van der Waals surface area (Å²) in [7, 11) is -3.58. The van der Waals surface area contributed by atoms with Gasteiger partial charge in [0, 0.05) is 17.0 Å². The lowest BCUT2D eigenvalue weighted by Gasteiger charge is -2.03. The molecule has 0 amide bonds. The molecule has 4 nitrogen and oxygen atoms in total. The van der Waals surface area contributed by atoms with E-state index < -0.39 is 10.0 Å². The lowest BCUT2D eigenvalue weighted by atomic mass is 10.2. The number of thiophene rings is 2. The number of aliphatic hydroxyl groups is 1. The molecule has 0 saturated carbocycles. The minimum absolute atomic E-state index is 0.157. The second-order valence-corrected chi connectivity index (χ2v) is 8.71. The Bertz CT molecular complexity index is 777. The van der Waals surface area contributed by atoms with Crippen molar-refractivity contribution in [3.8, 4) is 11.8 Å². The van der Waals surface area contributed by atoms with E-state index in [1.54, 1.807) is 19.1 Å². The van der Waals surface area contributed by atoms with E-state index in [4.69, 9.17) is 16.7 Å². The van der Waals surface area contributed by atoms with Crippen molar-refractivity contribution in [2.75, 3.05) is 6.61 Å². The molecule has 21 heavy (non-hydrogen) atoms. The summed E-state index contributed by atoms with van der Waals surface area (Å²) in [4.78, 5) is 0.805. The second kappa shape index (κ2) is 6.92. The Morgan fingerprint density at radius 3 is 2.86 bits per heavy atom. The van der Waals surface area contributed by atoms with E-state index in [-0.39, 0.29) is 17.4 Å². The highest BCUT2D eigenvalue weighted by atomic mass is 35.5. The summed E-state index contributed by atoms with van der Waals surface area (Å²) >= 11 is 8.35. The van der Waals surface area contributed by atoms with Crippen molar-refractivity contribution < 1.29 is 13.5 Å². The molecule has 0 radical (unpaired) electrons. The predicted octanol–water partition coefficient (Wildman–Crippen LogP) is 2.59. The summed E-state index contributed by atoms with van der Waals surface area (Å²) < 4.78 is 27.6. The van der Waals surface area contributed by atoms with E-state index in [9.17, 15) is 8.42 Å². The van der Waals surface area contributed by atoms with Gasteiger partial charge in [-0.1, -0.05) is 23.4 Å². The molecule has 0 spiro atoms. The number of aliphatic hydroxyl groups excluding tert-OH is 1. The zero-order valence-electron chi connectivity index (χ0n) is 11.0. The lowest BCUT2D eigenvalue weighted by molar-refractivity contribution is 0.350. The van der Waals surface area contributed by atoms with Gasteiger partial charge in [-0.3, -0.25) is 0 Å². The summed E-state index contributed by atoms with van der Waals surface area (Å²) in [5.74, 6) is 5.34. The van der Waals surface area contributed by atoms with E-state index >= 15 is 0 Å². The molecular weight excluding hydrogens is 350 g/mol. The van der Waals surface area contributed by atoms with Crippen LogP contribution in [0, 0.1) is 18.8 Å². The number of hydrogen-bond acceptors (Lipinski definition) is 5. The first kappa shape index (κ1) is 16.5. The van der Waals surface area contributed by atoms with Crippen molar-refractivity contribution in [2.24, 2.45) is 0 Å². The number of halogens is 1. The molecule has 0 aromatic carbocycles. The third-order valence-corrected chi connectivity index (χ3v) is 6.92. The van der Waals surface area contributed by atoms with Gasteiger partial charge in [0.15, 0.2) is 0 Å². The molecule has 0 aliphatic heterocycles. The van der Waals surface area contributed by atoms with Gasteiger partial charge in [0.2, 0.25) is 10.0 Å². The molecule has 0 unspecified atom stereocenters. The Hall–Kier alpha value is -0.880. The van der Waals surface area contributed by atoms with E-state index in [1.807, 2.05) is 5.38 Å². The molecular formula is C13H12ClNO3S3. The minimum atomic E-state index is -3.58. The molecule has 2 aromatic rings. The highest BCUT2D eigenvalue weighted by molar-refractivity contribution is 7.91. The standard InChI is InChI=1S/C13H12ClNO3S3/c1-9-7-12(20-13(9)14)21(17,18)15-8-11-10(3-2-5-16)4-6-19-11/h4,6-7,15-16H,5,8H2,1H3. The van der Waals surface area contributed by atoms with Crippen molar-refractivity contribution in [1.29, 1.82) is 0 Å². The SMILES string of the molecule is Cc1cc(S(=O)(=O)NCc2sccc2C#CCO)sc1Cl. The van der Waals surface area contributed by atoms with Crippen LogP contribution in [0.3, 0.4) is 0 Å². The fourth-order valence-electron chi connectivity index (χ4n) is 1.52. The van der Waals surface area contributed by atoms with E-state index in [1.165, 1.54) is 11.3 Å². The maximum atomic E-state index is 12.2. The Labute approximate surface area is 136 Å². The lowest BCUT2D eigenvalue weighted by Crippen LogP contribution is -2.22. The molecule has 0 aliphatic rings. The molecule has 0 saturated heterocycles. The number of hydrogen-bond donors (Lipinski definition) is 2. The van der Waals surface area contributed by atoms with Crippen LogP contribution < -0.4 is 4.72 Å². The van der Waals surface area contributed by atoms with Gasteiger partial charge in [0.25, 0.3) is 0 Å². The smallest absolute Gasteiger partial charge is 0.250 e. The number of aryl methyl sites for hydroxylation is 1. The third-order valence-electron chi connectivity index (χ3n) is 2.57. The average Bonchev–Trinajstić information content (AvgIpc) is 3.02. The molecule has 2 rings (SSSR count). The molecule has 8 heteroatoms. The molecule has 2 aromatic heterocycles. The summed E-state index contributed by atoms with van der Waals surface area (Å²) in [5, 5.41) is 10.5. The molecule has 2 heterocycles. The van der Waals surface area contributed by atoms with Gasteiger partial charge in [0.05, 0.1) is 4.34 Å². The topological polar surface area (TPSA) is 66.4 Å². The Balaban J connectivity index is 2.14. The first-order valence-corrected chi connectivity index (χ1v) is 9.41. The van der Waals surface area contributed by atoms with Gasteiger partial charge in [-0.2, -0.15) is 0 Å². The molecule has 0 bridgehead atoms. The number of nitrogens with one attached hydrogen (secondary N) is 1. The number of rotatable bonds is 4. The van der Waals surface area contributed by atoms with Gasteiger partial charge in [-0.05, 0) is 30.0 Å². The highest BCUT2D eigenvalue weighted by Crippen LogP contribution is 2.30. The average molecular weight is 362 g/mol. The maximum Gasteiger partial charge on any atom is 0.250 e. The zero-order chi connectivity index (χ0) is 15.5.